The van der Waals surface area contributed by atoms with Crippen LogP contribution < -0.4 is 5.32 Å². The molecule has 0 spiro atoms. The Hall–Kier alpha value is -0.610. The summed E-state index contributed by atoms with van der Waals surface area (Å²) in [5, 5.41) is 12.1. The Morgan fingerprint density at radius 1 is 1.50 bits per heavy atom. The van der Waals surface area contributed by atoms with E-state index in [0.29, 0.717) is 12.6 Å². The van der Waals surface area contributed by atoms with Crippen LogP contribution in [0.25, 0.3) is 0 Å². The van der Waals surface area contributed by atoms with Gasteiger partial charge in [0.15, 0.2) is 0 Å². The van der Waals surface area contributed by atoms with Gasteiger partial charge in [-0.15, -0.1) is 0 Å². The fourth-order valence-corrected chi connectivity index (χ4v) is 2.57. The third-order valence-electron chi connectivity index (χ3n) is 3.32. The maximum absolute atomic E-state index is 10.4. The SMILES string of the molecule is O=C(O)CCN1CC2CCCNC2C1. The number of carboxylic acids is 1. The van der Waals surface area contributed by atoms with Crippen molar-refractivity contribution in [2.45, 2.75) is 25.3 Å². The van der Waals surface area contributed by atoms with Crippen LogP contribution in [0.1, 0.15) is 19.3 Å². The molecule has 2 fully saturated rings. The van der Waals surface area contributed by atoms with Crippen molar-refractivity contribution < 1.29 is 9.90 Å². The zero-order chi connectivity index (χ0) is 9.97. The molecule has 80 valence electrons. The van der Waals surface area contributed by atoms with Gasteiger partial charge in [0.05, 0.1) is 6.42 Å². The van der Waals surface area contributed by atoms with Crippen molar-refractivity contribution in [1.82, 2.24) is 10.2 Å². The highest BCUT2D eigenvalue weighted by Crippen LogP contribution is 2.24. The predicted molar refractivity (Wildman–Crippen MR) is 53.2 cm³/mol. The Bertz CT molecular complexity index is 206. The number of piperidine rings is 1. The number of rotatable bonds is 3. The molecule has 2 N–H and O–H groups in total. The molecule has 14 heavy (non-hydrogen) atoms. The Labute approximate surface area is 84.3 Å². The standard InChI is InChI=1S/C10H18N2O2/c13-10(14)3-5-12-6-8-2-1-4-11-9(8)7-12/h8-9,11H,1-7H2,(H,13,14). The first-order chi connectivity index (χ1) is 6.75. The van der Waals surface area contributed by atoms with E-state index in [9.17, 15) is 4.79 Å². The third-order valence-corrected chi connectivity index (χ3v) is 3.32. The molecule has 2 atom stereocenters. The quantitative estimate of drug-likeness (QED) is 0.677. The summed E-state index contributed by atoms with van der Waals surface area (Å²) in [6.45, 7) is 3.97. The van der Waals surface area contributed by atoms with Crippen LogP contribution in [0.5, 0.6) is 0 Å². The summed E-state index contributed by atoms with van der Waals surface area (Å²) >= 11 is 0. The molecule has 2 saturated heterocycles. The van der Waals surface area contributed by atoms with E-state index in [1.807, 2.05) is 0 Å². The first kappa shape index (κ1) is 9.93. The molecule has 0 aromatic rings. The van der Waals surface area contributed by atoms with Crippen molar-refractivity contribution in [2.75, 3.05) is 26.2 Å². The van der Waals surface area contributed by atoms with Crippen LogP contribution in [0.2, 0.25) is 0 Å². The molecule has 2 aliphatic rings. The van der Waals surface area contributed by atoms with Crippen molar-refractivity contribution >= 4 is 5.97 Å². The van der Waals surface area contributed by atoms with Crippen molar-refractivity contribution in [3.8, 4) is 0 Å². The lowest BCUT2D eigenvalue weighted by Gasteiger charge is -2.24. The van der Waals surface area contributed by atoms with Crippen LogP contribution in [0.3, 0.4) is 0 Å². The van der Waals surface area contributed by atoms with E-state index in [-0.39, 0.29) is 6.42 Å². The fraction of sp³-hybridized carbons (Fsp3) is 0.900. The van der Waals surface area contributed by atoms with E-state index in [0.717, 1.165) is 25.6 Å². The Kier molecular flexibility index (Phi) is 3.03. The first-order valence-electron chi connectivity index (χ1n) is 5.43. The van der Waals surface area contributed by atoms with E-state index in [4.69, 9.17) is 5.11 Å². The number of aliphatic carboxylic acids is 1. The molecule has 4 heteroatoms. The third kappa shape index (κ3) is 2.25. The van der Waals surface area contributed by atoms with E-state index >= 15 is 0 Å². The average molecular weight is 198 g/mol. The molecule has 0 bridgehead atoms. The molecular formula is C10H18N2O2. The van der Waals surface area contributed by atoms with E-state index in [1.165, 1.54) is 12.8 Å². The molecule has 0 aliphatic carbocycles. The number of hydrogen-bond donors (Lipinski definition) is 2. The molecule has 2 rings (SSSR count). The number of carboxylic acid groups (broad SMARTS) is 1. The molecule has 4 nitrogen and oxygen atoms in total. The smallest absolute Gasteiger partial charge is 0.304 e. The van der Waals surface area contributed by atoms with Crippen LogP contribution in [0.4, 0.5) is 0 Å². The number of hydrogen-bond acceptors (Lipinski definition) is 3. The zero-order valence-electron chi connectivity index (χ0n) is 8.41. The minimum absolute atomic E-state index is 0.277. The molecule has 2 unspecified atom stereocenters. The van der Waals surface area contributed by atoms with Gasteiger partial charge < -0.3 is 15.3 Å². The van der Waals surface area contributed by atoms with Gasteiger partial charge >= 0.3 is 5.97 Å². The summed E-state index contributed by atoms with van der Waals surface area (Å²) in [7, 11) is 0. The lowest BCUT2D eigenvalue weighted by Crippen LogP contribution is -2.40. The molecule has 0 saturated carbocycles. The molecule has 2 aliphatic heterocycles. The van der Waals surface area contributed by atoms with Gasteiger partial charge in [0, 0.05) is 25.7 Å². The van der Waals surface area contributed by atoms with Crippen LogP contribution in [0, 0.1) is 5.92 Å². The van der Waals surface area contributed by atoms with Crippen molar-refractivity contribution in [2.24, 2.45) is 5.92 Å². The van der Waals surface area contributed by atoms with Crippen molar-refractivity contribution in [1.29, 1.82) is 0 Å². The average Bonchev–Trinajstić information content (AvgIpc) is 2.57. The van der Waals surface area contributed by atoms with Crippen molar-refractivity contribution in [3.05, 3.63) is 0 Å². The maximum atomic E-state index is 10.4. The van der Waals surface area contributed by atoms with Gasteiger partial charge in [-0.1, -0.05) is 0 Å². The molecular weight excluding hydrogens is 180 g/mol. The number of nitrogens with one attached hydrogen (secondary N) is 1. The van der Waals surface area contributed by atoms with Gasteiger partial charge in [0.2, 0.25) is 0 Å². The second-order valence-corrected chi connectivity index (χ2v) is 4.37. The summed E-state index contributed by atoms with van der Waals surface area (Å²) in [4.78, 5) is 12.7. The van der Waals surface area contributed by atoms with Gasteiger partial charge in [-0.2, -0.15) is 0 Å². The van der Waals surface area contributed by atoms with E-state index in [2.05, 4.69) is 10.2 Å². The second-order valence-electron chi connectivity index (χ2n) is 4.37. The van der Waals surface area contributed by atoms with E-state index in [1.54, 1.807) is 0 Å². The van der Waals surface area contributed by atoms with Crippen LogP contribution in [0.15, 0.2) is 0 Å². The highest BCUT2D eigenvalue weighted by atomic mass is 16.4. The topological polar surface area (TPSA) is 52.6 Å². The fourth-order valence-electron chi connectivity index (χ4n) is 2.57. The molecule has 0 radical (unpaired) electrons. The predicted octanol–water partition coefficient (Wildman–Crippen LogP) is 0.145. The van der Waals surface area contributed by atoms with Gasteiger partial charge in [-0.25, -0.2) is 0 Å². The minimum Gasteiger partial charge on any atom is -0.481 e. The van der Waals surface area contributed by atoms with Gasteiger partial charge in [-0.05, 0) is 25.3 Å². The van der Waals surface area contributed by atoms with Gasteiger partial charge in [0.1, 0.15) is 0 Å². The van der Waals surface area contributed by atoms with Crippen molar-refractivity contribution in [3.63, 3.8) is 0 Å². The lowest BCUT2D eigenvalue weighted by atomic mass is 9.94. The Morgan fingerprint density at radius 3 is 3.07 bits per heavy atom. The first-order valence-corrected chi connectivity index (χ1v) is 5.43. The van der Waals surface area contributed by atoms with Crippen LogP contribution in [-0.2, 0) is 4.79 Å². The van der Waals surface area contributed by atoms with E-state index < -0.39 is 5.97 Å². The monoisotopic (exact) mass is 198 g/mol. The second kappa shape index (κ2) is 4.28. The number of nitrogens with zero attached hydrogens (tertiary/aromatic N) is 1. The Morgan fingerprint density at radius 2 is 2.36 bits per heavy atom. The van der Waals surface area contributed by atoms with Gasteiger partial charge in [0.25, 0.3) is 0 Å². The lowest BCUT2D eigenvalue weighted by molar-refractivity contribution is -0.137. The molecule has 0 aromatic carbocycles. The molecule has 2 heterocycles. The van der Waals surface area contributed by atoms with Crippen LogP contribution >= 0.6 is 0 Å². The number of fused-ring (bicyclic) bond motifs is 1. The summed E-state index contributed by atoms with van der Waals surface area (Å²) in [6.07, 6.45) is 2.86. The summed E-state index contributed by atoms with van der Waals surface area (Å²) < 4.78 is 0. The number of carbonyl (C=O) groups is 1. The zero-order valence-corrected chi connectivity index (χ0v) is 8.41. The molecule has 0 aromatic heterocycles. The highest BCUT2D eigenvalue weighted by Gasteiger charge is 2.33. The minimum atomic E-state index is -0.687. The van der Waals surface area contributed by atoms with Crippen LogP contribution in [-0.4, -0.2) is 48.2 Å². The maximum Gasteiger partial charge on any atom is 0.304 e. The number of likely N-dealkylation sites (tertiary alicyclic amines) is 1. The normalized spacial score (nSPS) is 32.9. The molecule has 0 amide bonds. The summed E-state index contributed by atoms with van der Waals surface area (Å²) in [5.74, 6) is 0.0744. The van der Waals surface area contributed by atoms with Gasteiger partial charge in [-0.3, -0.25) is 4.79 Å². The summed E-state index contributed by atoms with van der Waals surface area (Å²) in [5.41, 5.74) is 0. The largest absolute Gasteiger partial charge is 0.481 e. The Balaban J connectivity index is 1.78. The summed E-state index contributed by atoms with van der Waals surface area (Å²) in [6, 6.07) is 0.623. The highest BCUT2D eigenvalue weighted by molar-refractivity contribution is 5.66.